The Morgan fingerprint density at radius 2 is 2.12 bits per heavy atom. The van der Waals surface area contributed by atoms with Crippen molar-refractivity contribution in [2.45, 2.75) is 26.2 Å². The zero-order valence-electron chi connectivity index (χ0n) is 9.52. The second-order valence-corrected chi connectivity index (χ2v) is 4.61. The molecule has 16 heavy (non-hydrogen) atoms. The van der Waals surface area contributed by atoms with Crippen molar-refractivity contribution in [1.82, 2.24) is 5.32 Å². The number of nitrogens with one attached hydrogen (secondary N) is 1. The van der Waals surface area contributed by atoms with Gasteiger partial charge in [0, 0.05) is 0 Å². The van der Waals surface area contributed by atoms with Crippen LogP contribution in [0.25, 0.3) is 0 Å². The molecule has 0 amide bonds. The lowest BCUT2D eigenvalue weighted by atomic mass is 9.92. The van der Waals surface area contributed by atoms with E-state index in [9.17, 15) is 8.78 Å². The molecule has 1 aliphatic heterocycles. The molecular weight excluding hydrogens is 208 g/mol. The lowest BCUT2D eigenvalue weighted by Crippen LogP contribution is -2.31. The first-order chi connectivity index (χ1) is 7.66. The number of benzene rings is 1. The fourth-order valence-electron chi connectivity index (χ4n) is 2.25. The second kappa shape index (κ2) is 4.91. The van der Waals surface area contributed by atoms with E-state index in [1.54, 1.807) is 6.92 Å². The summed E-state index contributed by atoms with van der Waals surface area (Å²) in [5.74, 6) is -0.144. The van der Waals surface area contributed by atoms with E-state index in [1.807, 2.05) is 0 Å². The summed E-state index contributed by atoms with van der Waals surface area (Å²) >= 11 is 0. The van der Waals surface area contributed by atoms with Crippen LogP contribution in [0, 0.1) is 24.5 Å². The largest absolute Gasteiger partial charge is 0.316 e. The highest BCUT2D eigenvalue weighted by Gasteiger charge is 2.16. The highest BCUT2D eigenvalue weighted by Crippen LogP contribution is 2.21. The summed E-state index contributed by atoms with van der Waals surface area (Å²) in [6, 6.07) is 2.64. The molecule has 1 aromatic rings. The van der Waals surface area contributed by atoms with E-state index in [-0.39, 0.29) is 11.6 Å². The topological polar surface area (TPSA) is 12.0 Å². The third kappa shape index (κ3) is 2.59. The van der Waals surface area contributed by atoms with Gasteiger partial charge in [-0.3, -0.25) is 0 Å². The first kappa shape index (κ1) is 11.5. The van der Waals surface area contributed by atoms with E-state index in [0.717, 1.165) is 25.9 Å². The summed E-state index contributed by atoms with van der Waals surface area (Å²) < 4.78 is 26.9. The van der Waals surface area contributed by atoms with Crippen molar-refractivity contribution in [2.24, 2.45) is 5.92 Å². The Hall–Kier alpha value is -0.960. The Kier molecular flexibility index (Phi) is 3.54. The monoisotopic (exact) mass is 225 g/mol. The molecule has 1 aliphatic rings. The number of piperidine rings is 1. The third-order valence-electron chi connectivity index (χ3n) is 3.24. The van der Waals surface area contributed by atoms with Crippen LogP contribution in [0.5, 0.6) is 0 Å². The fourth-order valence-corrected chi connectivity index (χ4v) is 2.25. The van der Waals surface area contributed by atoms with Gasteiger partial charge in [-0.15, -0.1) is 0 Å². The van der Waals surface area contributed by atoms with Gasteiger partial charge < -0.3 is 5.32 Å². The predicted octanol–water partition coefficient (Wildman–Crippen LogP) is 2.82. The molecule has 1 saturated heterocycles. The van der Waals surface area contributed by atoms with Gasteiger partial charge in [0.05, 0.1) is 0 Å². The molecule has 0 bridgehead atoms. The van der Waals surface area contributed by atoms with Gasteiger partial charge in [-0.2, -0.15) is 0 Å². The summed E-state index contributed by atoms with van der Waals surface area (Å²) in [5.41, 5.74) is 0.889. The molecule has 0 radical (unpaired) electrons. The van der Waals surface area contributed by atoms with E-state index in [2.05, 4.69) is 5.32 Å². The van der Waals surface area contributed by atoms with Crippen LogP contribution in [-0.2, 0) is 6.42 Å². The fraction of sp³-hybridized carbons (Fsp3) is 0.538. The molecule has 1 fully saturated rings. The van der Waals surface area contributed by atoms with Gasteiger partial charge in [0.2, 0.25) is 0 Å². The van der Waals surface area contributed by atoms with E-state index in [0.29, 0.717) is 23.5 Å². The highest BCUT2D eigenvalue weighted by molar-refractivity contribution is 5.25. The summed E-state index contributed by atoms with van der Waals surface area (Å²) in [7, 11) is 0. The molecule has 1 atom stereocenters. The average molecular weight is 225 g/mol. The van der Waals surface area contributed by atoms with Gasteiger partial charge in [0.25, 0.3) is 0 Å². The number of rotatable bonds is 2. The first-order valence-electron chi connectivity index (χ1n) is 5.82. The van der Waals surface area contributed by atoms with Gasteiger partial charge in [-0.1, -0.05) is 0 Å². The van der Waals surface area contributed by atoms with Crippen LogP contribution in [0.3, 0.4) is 0 Å². The lowest BCUT2D eigenvalue weighted by molar-refractivity contribution is 0.371. The maximum Gasteiger partial charge on any atom is 0.126 e. The molecule has 0 aromatic heterocycles. The quantitative estimate of drug-likeness (QED) is 0.816. The molecule has 2 rings (SSSR count). The normalized spacial score (nSPS) is 21.1. The van der Waals surface area contributed by atoms with E-state index >= 15 is 0 Å². The van der Waals surface area contributed by atoms with Crippen LogP contribution in [0.4, 0.5) is 8.78 Å². The van der Waals surface area contributed by atoms with Crippen molar-refractivity contribution < 1.29 is 8.78 Å². The Labute approximate surface area is 94.9 Å². The minimum absolute atomic E-state index is 0.274. The Bertz CT molecular complexity index is 370. The van der Waals surface area contributed by atoms with Gasteiger partial charge in [0.15, 0.2) is 0 Å². The lowest BCUT2D eigenvalue weighted by Gasteiger charge is -2.23. The molecular formula is C13H17F2N. The van der Waals surface area contributed by atoms with E-state index < -0.39 is 0 Å². The molecule has 0 saturated carbocycles. The standard InChI is InChI=1S/C13H17F2N/c1-9-5-13(15)11(7-12(9)14)6-10-3-2-4-16-8-10/h5,7,10,16H,2-4,6,8H2,1H3. The Morgan fingerprint density at radius 3 is 2.81 bits per heavy atom. The zero-order chi connectivity index (χ0) is 11.5. The number of hydrogen-bond acceptors (Lipinski definition) is 1. The maximum atomic E-state index is 13.6. The van der Waals surface area contributed by atoms with Crippen LogP contribution in [0.2, 0.25) is 0 Å². The average Bonchev–Trinajstić information content (AvgIpc) is 2.27. The number of hydrogen-bond donors (Lipinski definition) is 1. The molecule has 1 aromatic carbocycles. The molecule has 3 heteroatoms. The van der Waals surface area contributed by atoms with Crippen molar-refractivity contribution in [2.75, 3.05) is 13.1 Å². The molecule has 1 unspecified atom stereocenters. The first-order valence-corrected chi connectivity index (χ1v) is 5.82. The molecule has 1 N–H and O–H groups in total. The van der Waals surface area contributed by atoms with E-state index in [4.69, 9.17) is 0 Å². The zero-order valence-corrected chi connectivity index (χ0v) is 9.52. The summed E-state index contributed by atoms with van der Waals surface area (Å²) in [5, 5.41) is 3.28. The number of halogens is 2. The third-order valence-corrected chi connectivity index (χ3v) is 3.24. The van der Waals surface area contributed by atoms with Crippen LogP contribution < -0.4 is 5.32 Å². The second-order valence-electron chi connectivity index (χ2n) is 4.61. The minimum Gasteiger partial charge on any atom is -0.316 e. The molecule has 1 nitrogen and oxygen atoms in total. The summed E-state index contributed by atoms with van der Waals surface area (Å²) in [6.07, 6.45) is 2.86. The van der Waals surface area contributed by atoms with Crippen molar-refractivity contribution >= 4 is 0 Å². The Morgan fingerprint density at radius 1 is 1.31 bits per heavy atom. The molecule has 88 valence electrons. The predicted molar refractivity (Wildman–Crippen MR) is 60.4 cm³/mol. The SMILES string of the molecule is Cc1cc(F)c(CC2CCCNC2)cc1F. The van der Waals surface area contributed by atoms with E-state index in [1.165, 1.54) is 12.1 Å². The Balaban J connectivity index is 2.11. The summed E-state index contributed by atoms with van der Waals surface area (Å²) in [6.45, 7) is 3.54. The summed E-state index contributed by atoms with van der Waals surface area (Å²) in [4.78, 5) is 0. The molecule has 1 heterocycles. The molecule has 0 spiro atoms. The smallest absolute Gasteiger partial charge is 0.126 e. The highest BCUT2D eigenvalue weighted by atomic mass is 19.1. The van der Waals surface area contributed by atoms with Crippen LogP contribution in [0.15, 0.2) is 12.1 Å². The van der Waals surface area contributed by atoms with Crippen LogP contribution in [-0.4, -0.2) is 13.1 Å². The van der Waals surface area contributed by atoms with Crippen LogP contribution >= 0.6 is 0 Å². The van der Waals surface area contributed by atoms with Crippen molar-refractivity contribution in [1.29, 1.82) is 0 Å². The van der Waals surface area contributed by atoms with Gasteiger partial charge >= 0.3 is 0 Å². The minimum atomic E-state index is -0.305. The van der Waals surface area contributed by atoms with Gasteiger partial charge in [0.1, 0.15) is 11.6 Å². The van der Waals surface area contributed by atoms with Crippen LogP contribution in [0.1, 0.15) is 24.0 Å². The molecule has 0 aliphatic carbocycles. The van der Waals surface area contributed by atoms with Crippen molar-refractivity contribution in [3.8, 4) is 0 Å². The van der Waals surface area contributed by atoms with Crippen molar-refractivity contribution in [3.63, 3.8) is 0 Å². The number of aryl methyl sites for hydroxylation is 1. The van der Waals surface area contributed by atoms with Gasteiger partial charge in [-0.05, 0) is 68.5 Å². The van der Waals surface area contributed by atoms with Gasteiger partial charge in [-0.25, -0.2) is 8.78 Å². The van der Waals surface area contributed by atoms with Crippen molar-refractivity contribution in [3.05, 3.63) is 34.9 Å². The maximum absolute atomic E-state index is 13.6.